The van der Waals surface area contributed by atoms with E-state index in [1.54, 1.807) is 22.2 Å². The number of benzene rings is 2. The van der Waals surface area contributed by atoms with E-state index in [4.69, 9.17) is 16.3 Å². The first-order valence-electron chi connectivity index (χ1n) is 9.82. The first-order chi connectivity index (χ1) is 14.4. The molecule has 4 rings (SSSR count). The number of ether oxygens (including phenoxy) is 1. The van der Waals surface area contributed by atoms with Crippen molar-refractivity contribution in [2.24, 2.45) is 0 Å². The predicted molar refractivity (Wildman–Crippen MR) is 115 cm³/mol. The van der Waals surface area contributed by atoms with Crippen molar-refractivity contribution in [2.75, 3.05) is 32.8 Å². The van der Waals surface area contributed by atoms with Crippen LogP contribution in [0.2, 0.25) is 5.02 Å². The Morgan fingerprint density at radius 2 is 1.73 bits per heavy atom. The van der Waals surface area contributed by atoms with Crippen molar-refractivity contribution in [1.82, 2.24) is 19.8 Å². The Labute approximate surface area is 179 Å². The van der Waals surface area contributed by atoms with Gasteiger partial charge in [-0.1, -0.05) is 11.6 Å². The van der Waals surface area contributed by atoms with Gasteiger partial charge >= 0.3 is 0 Å². The highest BCUT2D eigenvalue weighted by Gasteiger charge is 2.25. The minimum atomic E-state index is -0.0914. The number of imidazole rings is 1. The molecule has 0 saturated carbocycles. The Balaban J connectivity index is 1.31. The molecule has 1 N–H and O–H groups in total. The van der Waals surface area contributed by atoms with Crippen LogP contribution in [0.3, 0.4) is 0 Å². The number of fused-ring (bicyclic) bond motifs is 1. The molecule has 3 aromatic rings. The number of rotatable bonds is 4. The number of H-pyrrole nitrogens is 1. The van der Waals surface area contributed by atoms with Crippen LogP contribution in [0.1, 0.15) is 21.5 Å². The van der Waals surface area contributed by atoms with Gasteiger partial charge < -0.3 is 19.5 Å². The number of carbonyl (C=O) groups is 2. The van der Waals surface area contributed by atoms with Crippen molar-refractivity contribution in [3.63, 3.8) is 0 Å². The molecule has 1 saturated heterocycles. The first kappa shape index (κ1) is 20.2. The van der Waals surface area contributed by atoms with Crippen molar-refractivity contribution < 1.29 is 14.3 Å². The van der Waals surface area contributed by atoms with Gasteiger partial charge in [-0.3, -0.25) is 9.59 Å². The standard InChI is InChI=1S/C22H23ClN4O3/c1-14-9-17(10-15(2)21(14)23)30-12-20(28)26-5-7-27(8-6-26)22(29)16-3-4-18-19(11-16)25-13-24-18/h3-4,9-11,13H,5-8,12H2,1-2H3,(H,24,25). The zero-order valence-electron chi connectivity index (χ0n) is 16.9. The van der Waals surface area contributed by atoms with Gasteiger partial charge in [0.25, 0.3) is 11.8 Å². The van der Waals surface area contributed by atoms with E-state index in [1.165, 1.54) is 0 Å². The SMILES string of the molecule is Cc1cc(OCC(=O)N2CCN(C(=O)c3ccc4nc[nH]c4c3)CC2)cc(C)c1Cl. The van der Waals surface area contributed by atoms with Crippen LogP contribution < -0.4 is 4.74 Å². The molecule has 8 heteroatoms. The van der Waals surface area contributed by atoms with Gasteiger partial charge in [-0.05, 0) is 55.3 Å². The highest BCUT2D eigenvalue weighted by atomic mass is 35.5. The molecular weight excluding hydrogens is 404 g/mol. The molecule has 0 spiro atoms. The molecule has 0 unspecified atom stereocenters. The minimum absolute atomic E-state index is 0.0368. The van der Waals surface area contributed by atoms with Crippen LogP contribution in [-0.2, 0) is 4.79 Å². The molecule has 2 heterocycles. The topological polar surface area (TPSA) is 78.5 Å². The number of hydrogen-bond donors (Lipinski definition) is 1. The summed E-state index contributed by atoms with van der Waals surface area (Å²) in [6, 6.07) is 9.08. The van der Waals surface area contributed by atoms with Crippen LogP contribution in [-0.4, -0.2) is 64.4 Å². The average Bonchev–Trinajstić information content (AvgIpc) is 3.23. The summed E-state index contributed by atoms with van der Waals surface area (Å²) in [6.07, 6.45) is 1.61. The summed E-state index contributed by atoms with van der Waals surface area (Å²) in [7, 11) is 0. The number of aryl methyl sites for hydroxylation is 2. The lowest BCUT2D eigenvalue weighted by Gasteiger charge is -2.34. The number of nitrogens with one attached hydrogen (secondary N) is 1. The zero-order valence-corrected chi connectivity index (χ0v) is 17.7. The molecule has 1 aromatic heterocycles. The second-order valence-electron chi connectivity index (χ2n) is 7.47. The van der Waals surface area contributed by atoms with Crippen LogP contribution in [0.15, 0.2) is 36.7 Å². The maximum Gasteiger partial charge on any atom is 0.260 e. The Morgan fingerprint density at radius 3 is 2.43 bits per heavy atom. The predicted octanol–water partition coefficient (Wildman–Crippen LogP) is 3.20. The molecule has 0 bridgehead atoms. The number of piperazine rings is 1. The number of hydrogen-bond acceptors (Lipinski definition) is 4. The number of nitrogens with zero attached hydrogens (tertiary/aromatic N) is 3. The van der Waals surface area contributed by atoms with Gasteiger partial charge in [0.05, 0.1) is 17.4 Å². The molecule has 1 fully saturated rings. The van der Waals surface area contributed by atoms with E-state index in [-0.39, 0.29) is 18.4 Å². The normalized spacial score (nSPS) is 14.2. The summed E-state index contributed by atoms with van der Waals surface area (Å²) >= 11 is 6.17. The summed E-state index contributed by atoms with van der Waals surface area (Å²) in [6.45, 7) is 5.73. The second kappa shape index (κ2) is 8.36. The van der Waals surface area contributed by atoms with Crippen LogP contribution in [0.25, 0.3) is 11.0 Å². The van der Waals surface area contributed by atoms with Crippen molar-refractivity contribution in [3.05, 3.63) is 58.4 Å². The minimum Gasteiger partial charge on any atom is -0.484 e. The smallest absolute Gasteiger partial charge is 0.260 e. The third kappa shape index (κ3) is 4.11. The van der Waals surface area contributed by atoms with E-state index >= 15 is 0 Å². The summed E-state index contributed by atoms with van der Waals surface area (Å²) < 4.78 is 5.67. The van der Waals surface area contributed by atoms with Crippen LogP contribution >= 0.6 is 11.6 Å². The fourth-order valence-corrected chi connectivity index (χ4v) is 3.75. The quantitative estimate of drug-likeness (QED) is 0.694. The summed E-state index contributed by atoms with van der Waals surface area (Å²) in [4.78, 5) is 36.0. The Morgan fingerprint density at radius 1 is 1.07 bits per heavy atom. The lowest BCUT2D eigenvalue weighted by molar-refractivity contribution is -0.134. The number of aromatic nitrogens is 2. The third-order valence-corrected chi connectivity index (χ3v) is 5.96. The lowest BCUT2D eigenvalue weighted by atomic mass is 10.1. The van der Waals surface area contributed by atoms with Gasteiger partial charge in [-0.25, -0.2) is 4.98 Å². The molecule has 0 radical (unpaired) electrons. The van der Waals surface area contributed by atoms with Crippen molar-refractivity contribution in [1.29, 1.82) is 0 Å². The van der Waals surface area contributed by atoms with E-state index in [0.29, 0.717) is 42.5 Å². The van der Waals surface area contributed by atoms with Crippen molar-refractivity contribution in [2.45, 2.75) is 13.8 Å². The highest BCUT2D eigenvalue weighted by molar-refractivity contribution is 6.32. The molecule has 1 aliphatic heterocycles. The van der Waals surface area contributed by atoms with E-state index in [9.17, 15) is 9.59 Å². The Bertz CT molecular complexity index is 1080. The molecule has 2 amide bonds. The maximum atomic E-state index is 12.8. The van der Waals surface area contributed by atoms with Crippen LogP contribution in [0.5, 0.6) is 5.75 Å². The number of aromatic amines is 1. The fourth-order valence-electron chi connectivity index (χ4n) is 3.64. The number of amides is 2. The zero-order chi connectivity index (χ0) is 21.3. The van der Waals surface area contributed by atoms with Crippen molar-refractivity contribution >= 4 is 34.4 Å². The van der Waals surface area contributed by atoms with E-state index in [2.05, 4.69) is 9.97 Å². The molecule has 0 atom stereocenters. The second-order valence-corrected chi connectivity index (χ2v) is 7.85. The molecular formula is C22H23ClN4O3. The van der Waals surface area contributed by atoms with Crippen LogP contribution in [0.4, 0.5) is 0 Å². The van der Waals surface area contributed by atoms with Gasteiger partial charge in [-0.2, -0.15) is 0 Å². The van der Waals surface area contributed by atoms with Gasteiger partial charge in [-0.15, -0.1) is 0 Å². The maximum absolute atomic E-state index is 12.8. The lowest BCUT2D eigenvalue weighted by Crippen LogP contribution is -2.51. The summed E-state index contributed by atoms with van der Waals surface area (Å²) in [5, 5.41) is 0.709. The Hall–Kier alpha value is -3.06. The van der Waals surface area contributed by atoms with Gasteiger partial charge in [0.2, 0.25) is 0 Å². The molecule has 0 aliphatic carbocycles. The molecule has 30 heavy (non-hydrogen) atoms. The molecule has 7 nitrogen and oxygen atoms in total. The Kier molecular flexibility index (Phi) is 5.63. The fraction of sp³-hybridized carbons (Fsp3) is 0.318. The number of halogens is 1. The largest absolute Gasteiger partial charge is 0.484 e. The average molecular weight is 427 g/mol. The summed E-state index contributed by atoms with van der Waals surface area (Å²) in [5.74, 6) is 0.499. The number of carbonyl (C=O) groups excluding carboxylic acids is 2. The highest BCUT2D eigenvalue weighted by Crippen LogP contribution is 2.26. The molecule has 2 aromatic carbocycles. The molecule has 156 valence electrons. The van der Waals surface area contributed by atoms with E-state index in [0.717, 1.165) is 22.2 Å². The van der Waals surface area contributed by atoms with E-state index in [1.807, 2.05) is 38.1 Å². The summed E-state index contributed by atoms with van der Waals surface area (Å²) in [5.41, 5.74) is 4.11. The monoisotopic (exact) mass is 426 g/mol. The van der Waals surface area contributed by atoms with Gasteiger partial charge in [0.15, 0.2) is 6.61 Å². The van der Waals surface area contributed by atoms with Crippen molar-refractivity contribution in [3.8, 4) is 5.75 Å². The molecule has 1 aliphatic rings. The van der Waals surface area contributed by atoms with Gasteiger partial charge in [0, 0.05) is 36.8 Å². The van der Waals surface area contributed by atoms with Crippen LogP contribution in [0, 0.1) is 13.8 Å². The first-order valence-corrected chi connectivity index (χ1v) is 10.2. The third-order valence-electron chi connectivity index (χ3n) is 5.36. The van der Waals surface area contributed by atoms with E-state index < -0.39 is 0 Å². The van der Waals surface area contributed by atoms with Gasteiger partial charge in [0.1, 0.15) is 5.75 Å².